The molecule has 1 aromatic rings. The summed E-state index contributed by atoms with van der Waals surface area (Å²) in [6, 6.07) is 7.30. The fourth-order valence-corrected chi connectivity index (χ4v) is 3.05. The number of hydrogen-bond donors (Lipinski definition) is 1. The van der Waals surface area contributed by atoms with Gasteiger partial charge in [0.1, 0.15) is 0 Å². The lowest BCUT2D eigenvalue weighted by Crippen LogP contribution is -2.31. The minimum atomic E-state index is 0.666. The Bertz CT molecular complexity index is 378. The summed E-state index contributed by atoms with van der Waals surface area (Å²) in [6.07, 6.45) is 0. The Morgan fingerprint density at radius 3 is 3.14 bits per heavy atom. The van der Waals surface area contributed by atoms with Crippen LogP contribution in [-0.4, -0.2) is 26.2 Å². The molecule has 2 heterocycles. The van der Waals surface area contributed by atoms with E-state index in [1.807, 2.05) is 0 Å². The molecule has 2 atom stereocenters. The van der Waals surface area contributed by atoms with E-state index in [9.17, 15) is 0 Å². The second kappa shape index (κ2) is 2.97. The van der Waals surface area contributed by atoms with Crippen LogP contribution in [0.1, 0.15) is 11.5 Å². The minimum Gasteiger partial charge on any atom is -0.369 e. The van der Waals surface area contributed by atoms with Crippen molar-refractivity contribution in [2.45, 2.75) is 12.0 Å². The molecule has 1 N–H and O–H groups in total. The third-order valence-corrected chi connectivity index (χ3v) is 3.94. The van der Waals surface area contributed by atoms with Gasteiger partial charge >= 0.3 is 0 Å². The van der Waals surface area contributed by atoms with Crippen LogP contribution < -0.4 is 10.2 Å². The highest BCUT2D eigenvalue weighted by molar-refractivity contribution is 9.10. The Morgan fingerprint density at radius 1 is 1.43 bits per heavy atom. The molecule has 3 rings (SSSR count). The highest BCUT2D eigenvalue weighted by atomic mass is 79.9. The number of halogens is 1. The Hall–Kier alpha value is -0.540. The number of hydrogen-bond acceptors (Lipinski definition) is 2. The zero-order valence-corrected chi connectivity index (χ0v) is 9.71. The minimum absolute atomic E-state index is 0.666. The van der Waals surface area contributed by atoms with Gasteiger partial charge in [0.2, 0.25) is 0 Å². The third-order valence-electron chi connectivity index (χ3n) is 3.45. The van der Waals surface area contributed by atoms with Crippen molar-refractivity contribution in [1.29, 1.82) is 0 Å². The Labute approximate surface area is 92.4 Å². The van der Waals surface area contributed by atoms with Crippen molar-refractivity contribution in [1.82, 2.24) is 5.32 Å². The first-order chi connectivity index (χ1) is 6.77. The van der Waals surface area contributed by atoms with Crippen LogP contribution in [0.5, 0.6) is 0 Å². The molecule has 1 saturated heterocycles. The first-order valence-corrected chi connectivity index (χ1v) is 5.79. The Kier molecular flexibility index (Phi) is 1.86. The maximum atomic E-state index is 3.53. The lowest BCUT2D eigenvalue weighted by molar-refractivity contribution is 0.663. The summed E-state index contributed by atoms with van der Waals surface area (Å²) in [7, 11) is 2.20. The maximum absolute atomic E-state index is 3.53. The fraction of sp³-hybridized carbons (Fsp3) is 0.455. The van der Waals surface area contributed by atoms with Gasteiger partial charge in [-0.3, -0.25) is 0 Å². The molecule has 1 fully saturated rings. The van der Waals surface area contributed by atoms with Crippen molar-refractivity contribution in [3.8, 4) is 0 Å². The monoisotopic (exact) mass is 252 g/mol. The fourth-order valence-electron chi connectivity index (χ4n) is 2.70. The molecule has 0 aliphatic carbocycles. The maximum Gasteiger partial charge on any atom is 0.0492 e. The van der Waals surface area contributed by atoms with Crippen LogP contribution in [0.3, 0.4) is 0 Å². The van der Waals surface area contributed by atoms with E-state index in [0.717, 1.165) is 13.1 Å². The summed E-state index contributed by atoms with van der Waals surface area (Å²) >= 11 is 3.53. The molecule has 0 amide bonds. The summed E-state index contributed by atoms with van der Waals surface area (Å²) < 4.78 is 1.18. The molecule has 3 heteroatoms. The molecule has 14 heavy (non-hydrogen) atoms. The molecule has 0 bridgehead atoms. The van der Waals surface area contributed by atoms with Crippen molar-refractivity contribution in [2.24, 2.45) is 0 Å². The summed E-state index contributed by atoms with van der Waals surface area (Å²) in [4.78, 5) is 2.41. The number of nitrogens with one attached hydrogen (secondary N) is 1. The van der Waals surface area contributed by atoms with E-state index < -0.39 is 0 Å². The van der Waals surface area contributed by atoms with Gasteiger partial charge in [-0.1, -0.05) is 22.0 Å². The largest absolute Gasteiger partial charge is 0.369 e. The van der Waals surface area contributed by atoms with Gasteiger partial charge in [-0.2, -0.15) is 0 Å². The predicted octanol–water partition coefficient (Wildman–Crippen LogP) is 1.95. The Balaban J connectivity index is 2.13. The van der Waals surface area contributed by atoms with Gasteiger partial charge < -0.3 is 10.2 Å². The first-order valence-electron chi connectivity index (χ1n) is 5.00. The summed E-state index contributed by atoms with van der Waals surface area (Å²) in [5.41, 5.74) is 2.90. The normalized spacial score (nSPS) is 29.1. The van der Waals surface area contributed by atoms with Crippen LogP contribution >= 0.6 is 15.9 Å². The van der Waals surface area contributed by atoms with Crippen LogP contribution in [0.15, 0.2) is 22.7 Å². The molecule has 1 aromatic carbocycles. The number of rotatable bonds is 0. The van der Waals surface area contributed by atoms with Crippen molar-refractivity contribution >= 4 is 21.6 Å². The number of nitrogens with zero attached hydrogens (tertiary/aromatic N) is 1. The molecule has 0 saturated carbocycles. The van der Waals surface area contributed by atoms with Crippen LogP contribution in [0, 0.1) is 0 Å². The van der Waals surface area contributed by atoms with E-state index in [4.69, 9.17) is 0 Å². The highest BCUT2D eigenvalue weighted by Crippen LogP contribution is 2.42. The highest BCUT2D eigenvalue weighted by Gasteiger charge is 2.39. The topological polar surface area (TPSA) is 15.3 Å². The van der Waals surface area contributed by atoms with Gasteiger partial charge in [0, 0.05) is 42.3 Å². The zero-order valence-electron chi connectivity index (χ0n) is 8.13. The van der Waals surface area contributed by atoms with Gasteiger partial charge in [0.05, 0.1) is 0 Å². The van der Waals surface area contributed by atoms with Crippen LogP contribution in [-0.2, 0) is 0 Å². The summed E-state index contributed by atoms with van der Waals surface area (Å²) in [5, 5.41) is 3.46. The average Bonchev–Trinajstić information content (AvgIpc) is 2.72. The average molecular weight is 253 g/mol. The molecule has 2 unspecified atom stereocenters. The summed E-state index contributed by atoms with van der Waals surface area (Å²) in [6.45, 7) is 2.25. The molecule has 0 aromatic heterocycles. The van der Waals surface area contributed by atoms with Gasteiger partial charge in [0.15, 0.2) is 0 Å². The quantitative estimate of drug-likeness (QED) is 0.760. The lowest BCUT2D eigenvalue weighted by atomic mass is 9.98. The molecule has 0 radical (unpaired) electrons. The second-order valence-corrected chi connectivity index (χ2v) is 5.06. The van der Waals surface area contributed by atoms with Crippen molar-refractivity contribution in [3.63, 3.8) is 0 Å². The Morgan fingerprint density at radius 2 is 2.29 bits per heavy atom. The van der Waals surface area contributed by atoms with Gasteiger partial charge in [-0.15, -0.1) is 0 Å². The molecule has 2 nitrogen and oxygen atoms in total. The van der Waals surface area contributed by atoms with E-state index in [-0.39, 0.29) is 0 Å². The van der Waals surface area contributed by atoms with E-state index in [2.05, 4.69) is 51.4 Å². The smallest absolute Gasteiger partial charge is 0.0492 e. The molecule has 74 valence electrons. The number of likely N-dealkylation sites (N-methyl/N-ethyl adjacent to an activating group) is 1. The summed E-state index contributed by atoms with van der Waals surface area (Å²) in [5.74, 6) is 0.697. The molecule has 0 spiro atoms. The van der Waals surface area contributed by atoms with Crippen LogP contribution in [0.25, 0.3) is 0 Å². The van der Waals surface area contributed by atoms with Crippen molar-refractivity contribution < 1.29 is 0 Å². The molecule has 2 aliphatic rings. The molecular weight excluding hydrogens is 240 g/mol. The van der Waals surface area contributed by atoms with E-state index in [1.165, 1.54) is 15.7 Å². The lowest BCUT2D eigenvalue weighted by Gasteiger charge is -2.20. The van der Waals surface area contributed by atoms with E-state index in [0.29, 0.717) is 12.0 Å². The zero-order chi connectivity index (χ0) is 9.71. The molecule has 2 aliphatic heterocycles. The standard InChI is InChI=1S/C11H13BrN2/c1-14-10-4-7(12)2-3-8(10)9-5-13-6-11(9)14/h2-4,9,11,13H,5-6H2,1H3. The van der Waals surface area contributed by atoms with Gasteiger partial charge in [-0.25, -0.2) is 0 Å². The first kappa shape index (κ1) is 8.74. The SMILES string of the molecule is CN1c2cc(Br)ccc2C2CNCC21. The van der Waals surface area contributed by atoms with Gasteiger partial charge in [-0.05, 0) is 17.7 Å². The van der Waals surface area contributed by atoms with Crippen LogP contribution in [0.2, 0.25) is 0 Å². The number of anilines is 1. The van der Waals surface area contributed by atoms with Gasteiger partial charge in [0.25, 0.3) is 0 Å². The van der Waals surface area contributed by atoms with E-state index >= 15 is 0 Å². The second-order valence-electron chi connectivity index (χ2n) is 4.15. The van der Waals surface area contributed by atoms with Crippen molar-refractivity contribution in [2.75, 3.05) is 25.0 Å². The van der Waals surface area contributed by atoms with Crippen molar-refractivity contribution in [3.05, 3.63) is 28.2 Å². The predicted molar refractivity (Wildman–Crippen MR) is 61.9 cm³/mol. The van der Waals surface area contributed by atoms with E-state index in [1.54, 1.807) is 0 Å². The van der Waals surface area contributed by atoms with Crippen LogP contribution in [0.4, 0.5) is 5.69 Å². The molecular formula is C11H13BrN2. The number of fused-ring (bicyclic) bond motifs is 3. The number of benzene rings is 1. The third kappa shape index (κ3) is 1.06.